The van der Waals surface area contributed by atoms with Crippen LogP contribution in [0, 0.1) is 5.92 Å². The van der Waals surface area contributed by atoms with E-state index in [1.54, 1.807) is 0 Å². The fraction of sp³-hybridized carbons (Fsp3) is 0.700. The molecule has 0 aliphatic carbocycles. The van der Waals surface area contributed by atoms with Crippen molar-refractivity contribution in [2.75, 3.05) is 13.7 Å². The van der Waals surface area contributed by atoms with E-state index in [0.29, 0.717) is 12.8 Å². The third-order valence-electron chi connectivity index (χ3n) is 1.82. The van der Waals surface area contributed by atoms with Crippen LogP contribution in [0.4, 0.5) is 0 Å². The van der Waals surface area contributed by atoms with Gasteiger partial charge in [0.15, 0.2) is 0 Å². The lowest BCUT2D eigenvalue weighted by atomic mass is 10.0. The molecule has 0 saturated heterocycles. The maximum atomic E-state index is 11.2. The molecule has 0 saturated carbocycles. The van der Waals surface area contributed by atoms with Crippen LogP contribution in [0.1, 0.15) is 26.7 Å². The molecule has 3 nitrogen and oxygen atoms in total. The van der Waals surface area contributed by atoms with Crippen LogP contribution in [0.5, 0.6) is 0 Å². The quantitative estimate of drug-likeness (QED) is 0.523. The number of carbonyl (C=O) groups excluding carboxylic acids is 1. The second-order valence-electron chi connectivity index (χ2n) is 3.25. The number of hydrogen-bond acceptors (Lipinski definition) is 3. The van der Waals surface area contributed by atoms with Gasteiger partial charge in [0.25, 0.3) is 0 Å². The van der Waals surface area contributed by atoms with Crippen LogP contribution in [0.25, 0.3) is 0 Å². The Morgan fingerprint density at radius 2 is 2.15 bits per heavy atom. The summed E-state index contributed by atoms with van der Waals surface area (Å²) in [5.41, 5.74) is 1.17. The molecule has 1 atom stereocenters. The summed E-state index contributed by atoms with van der Waals surface area (Å²) in [6.45, 7) is 3.98. The first kappa shape index (κ1) is 12.2. The van der Waals surface area contributed by atoms with Crippen molar-refractivity contribution in [1.29, 1.82) is 0 Å². The summed E-state index contributed by atoms with van der Waals surface area (Å²) in [4.78, 5) is 11.2. The maximum absolute atomic E-state index is 11.2. The van der Waals surface area contributed by atoms with Gasteiger partial charge in [0, 0.05) is 6.61 Å². The average molecular weight is 186 g/mol. The minimum atomic E-state index is -0.244. The van der Waals surface area contributed by atoms with Crippen molar-refractivity contribution in [3.8, 4) is 0 Å². The van der Waals surface area contributed by atoms with Crippen molar-refractivity contribution in [2.24, 2.45) is 5.92 Å². The number of allylic oxidation sites excluding steroid dienone is 2. The van der Waals surface area contributed by atoms with Gasteiger partial charge in [-0.1, -0.05) is 11.6 Å². The molecule has 13 heavy (non-hydrogen) atoms. The molecular formula is C10H18O3. The topological polar surface area (TPSA) is 46.5 Å². The van der Waals surface area contributed by atoms with E-state index in [4.69, 9.17) is 5.11 Å². The summed E-state index contributed by atoms with van der Waals surface area (Å²) in [6, 6.07) is 0. The molecule has 76 valence electrons. The number of esters is 1. The van der Waals surface area contributed by atoms with E-state index < -0.39 is 0 Å². The molecule has 0 aromatic heterocycles. The summed E-state index contributed by atoms with van der Waals surface area (Å²) >= 11 is 0. The van der Waals surface area contributed by atoms with Crippen LogP contribution < -0.4 is 0 Å². The number of ether oxygens (including phenoxy) is 1. The van der Waals surface area contributed by atoms with Gasteiger partial charge in [-0.05, 0) is 26.7 Å². The van der Waals surface area contributed by atoms with Crippen molar-refractivity contribution < 1.29 is 14.6 Å². The lowest BCUT2D eigenvalue weighted by Gasteiger charge is -2.10. The van der Waals surface area contributed by atoms with Crippen molar-refractivity contribution in [1.82, 2.24) is 0 Å². The SMILES string of the molecule is COC(=O)C(CC=C(C)C)CCO. The van der Waals surface area contributed by atoms with Gasteiger partial charge in [-0.25, -0.2) is 0 Å². The normalized spacial score (nSPS) is 12.0. The summed E-state index contributed by atoms with van der Waals surface area (Å²) in [5, 5.41) is 8.72. The molecule has 0 aromatic carbocycles. The lowest BCUT2D eigenvalue weighted by molar-refractivity contribution is -0.145. The van der Waals surface area contributed by atoms with E-state index in [0.717, 1.165) is 0 Å². The molecule has 0 heterocycles. The summed E-state index contributed by atoms with van der Waals surface area (Å²) in [6.07, 6.45) is 3.10. The van der Waals surface area contributed by atoms with Gasteiger partial charge in [-0.3, -0.25) is 4.79 Å². The molecule has 0 aliphatic heterocycles. The van der Waals surface area contributed by atoms with E-state index in [2.05, 4.69) is 4.74 Å². The van der Waals surface area contributed by atoms with Crippen LogP contribution in [-0.2, 0) is 9.53 Å². The Morgan fingerprint density at radius 3 is 2.54 bits per heavy atom. The van der Waals surface area contributed by atoms with Crippen LogP contribution >= 0.6 is 0 Å². The Labute approximate surface area is 79.4 Å². The molecule has 0 rings (SSSR count). The van der Waals surface area contributed by atoms with E-state index in [1.165, 1.54) is 12.7 Å². The van der Waals surface area contributed by atoms with Crippen LogP contribution in [0.2, 0.25) is 0 Å². The highest BCUT2D eigenvalue weighted by Crippen LogP contribution is 2.12. The molecule has 1 N–H and O–H groups in total. The number of rotatable bonds is 5. The fourth-order valence-electron chi connectivity index (χ4n) is 1.03. The molecule has 3 heteroatoms. The number of methoxy groups -OCH3 is 1. The minimum absolute atomic E-state index is 0.0242. The first-order valence-corrected chi connectivity index (χ1v) is 4.43. The summed E-state index contributed by atoms with van der Waals surface area (Å²) < 4.78 is 4.62. The number of carbonyl (C=O) groups is 1. The van der Waals surface area contributed by atoms with E-state index in [9.17, 15) is 4.79 Å². The number of aliphatic hydroxyl groups excluding tert-OH is 1. The first-order valence-electron chi connectivity index (χ1n) is 4.43. The van der Waals surface area contributed by atoms with Gasteiger partial charge in [0.05, 0.1) is 13.0 Å². The van der Waals surface area contributed by atoms with Gasteiger partial charge in [-0.15, -0.1) is 0 Å². The monoisotopic (exact) mass is 186 g/mol. The molecule has 0 bridgehead atoms. The van der Waals surface area contributed by atoms with Crippen LogP contribution in [0.3, 0.4) is 0 Å². The highest BCUT2D eigenvalue weighted by Gasteiger charge is 2.16. The lowest BCUT2D eigenvalue weighted by Crippen LogP contribution is -2.16. The van der Waals surface area contributed by atoms with Crippen molar-refractivity contribution in [3.63, 3.8) is 0 Å². The number of aliphatic hydroxyl groups is 1. The highest BCUT2D eigenvalue weighted by molar-refractivity contribution is 5.72. The van der Waals surface area contributed by atoms with Crippen molar-refractivity contribution in [2.45, 2.75) is 26.7 Å². The Morgan fingerprint density at radius 1 is 1.54 bits per heavy atom. The largest absolute Gasteiger partial charge is 0.469 e. The Bertz CT molecular complexity index is 181. The molecule has 0 spiro atoms. The van der Waals surface area contributed by atoms with E-state index in [1.807, 2.05) is 19.9 Å². The summed E-state index contributed by atoms with van der Waals surface area (Å²) in [7, 11) is 1.37. The molecule has 0 aliphatic rings. The Hall–Kier alpha value is -0.830. The number of hydrogen-bond donors (Lipinski definition) is 1. The molecule has 0 aromatic rings. The first-order chi connectivity index (χ1) is 6.11. The average Bonchev–Trinajstić information content (AvgIpc) is 2.10. The third-order valence-corrected chi connectivity index (χ3v) is 1.82. The smallest absolute Gasteiger partial charge is 0.309 e. The molecular weight excluding hydrogens is 168 g/mol. The highest BCUT2D eigenvalue weighted by atomic mass is 16.5. The molecule has 0 amide bonds. The molecule has 0 radical (unpaired) electrons. The zero-order chi connectivity index (χ0) is 10.3. The van der Waals surface area contributed by atoms with Gasteiger partial charge >= 0.3 is 5.97 Å². The zero-order valence-corrected chi connectivity index (χ0v) is 8.54. The van der Waals surface area contributed by atoms with Crippen LogP contribution in [-0.4, -0.2) is 24.8 Å². The standard InChI is InChI=1S/C10H18O3/c1-8(2)4-5-9(6-7-11)10(12)13-3/h4,9,11H,5-7H2,1-3H3. The maximum Gasteiger partial charge on any atom is 0.309 e. The minimum Gasteiger partial charge on any atom is -0.469 e. The van der Waals surface area contributed by atoms with E-state index >= 15 is 0 Å². The van der Waals surface area contributed by atoms with Crippen molar-refractivity contribution >= 4 is 5.97 Å². The van der Waals surface area contributed by atoms with Crippen molar-refractivity contribution in [3.05, 3.63) is 11.6 Å². The second-order valence-corrected chi connectivity index (χ2v) is 3.25. The van der Waals surface area contributed by atoms with Gasteiger partial charge in [0.2, 0.25) is 0 Å². The van der Waals surface area contributed by atoms with Gasteiger partial charge < -0.3 is 9.84 Å². The Kier molecular flexibility index (Phi) is 6.24. The predicted octanol–water partition coefficient (Wildman–Crippen LogP) is 1.51. The zero-order valence-electron chi connectivity index (χ0n) is 8.54. The summed E-state index contributed by atoms with van der Waals surface area (Å²) in [5.74, 6) is -0.448. The Balaban J connectivity index is 4.09. The molecule has 1 unspecified atom stereocenters. The van der Waals surface area contributed by atoms with Gasteiger partial charge in [-0.2, -0.15) is 0 Å². The third kappa shape index (κ3) is 5.42. The van der Waals surface area contributed by atoms with Crippen LogP contribution in [0.15, 0.2) is 11.6 Å². The molecule has 0 fully saturated rings. The van der Waals surface area contributed by atoms with Gasteiger partial charge in [0.1, 0.15) is 0 Å². The van der Waals surface area contributed by atoms with E-state index in [-0.39, 0.29) is 18.5 Å². The fourth-order valence-corrected chi connectivity index (χ4v) is 1.03. The predicted molar refractivity (Wildman–Crippen MR) is 51.3 cm³/mol. The second kappa shape index (κ2) is 6.66.